The maximum atomic E-state index is 12.9. The van der Waals surface area contributed by atoms with Crippen molar-refractivity contribution in [2.75, 3.05) is 38.5 Å². The molecule has 0 aliphatic carbocycles. The van der Waals surface area contributed by atoms with Crippen molar-refractivity contribution in [3.8, 4) is 0 Å². The second-order valence-corrected chi connectivity index (χ2v) is 7.79. The van der Waals surface area contributed by atoms with E-state index in [0.717, 1.165) is 3.57 Å². The highest BCUT2D eigenvalue weighted by atomic mass is 127. The van der Waals surface area contributed by atoms with Gasteiger partial charge >= 0.3 is 0 Å². The van der Waals surface area contributed by atoms with Gasteiger partial charge in [0, 0.05) is 36.8 Å². The highest BCUT2D eigenvalue weighted by Gasteiger charge is 2.28. The van der Waals surface area contributed by atoms with Crippen LogP contribution in [0.5, 0.6) is 0 Å². The van der Waals surface area contributed by atoms with E-state index < -0.39 is 5.91 Å². The smallest absolute Gasteiger partial charge is 0.256 e. The summed E-state index contributed by atoms with van der Waals surface area (Å²) >= 11 is 6.16. The number of hydrogen-bond donors (Lipinski definition) is 4. The Bertz CT molecular complexity index is 618. The number of primary amides is 1. The molecule has 0 aliphatic heterocycles. The van der Waals surface area contributed by atoms with Crippen LogP contribution in [0, 0.1) is 10.7 Å². The molecule has 0 radical (unpaired) electrons. The van der Waals surface area contributed by atoms with Gasteiger partial charge in [0.1, 0.15) is 0 Å². The van der Waals surface area contributed by atoms with Crippen LogP contribution in [-0.4, -0.2) is 49.9 Å². The van der Waals surface area contributed by atoms with Crippen molar-refractivity contribution >= 4 is 85.3 Å². The second-order valence-electron chi connectivity index (χ2n) is 4.55. The van der Waals surface area contributed by atoms with Crippen LogP contribution in [0.3, 0.4) is 0 Å². The standard InChI is InChI=1S/C13H18I3N5O2/c1-20-11-9(15)6(12(19)22)8(14)7(10(11)16)13(23)21(4-2-17)5-3-18/h20H,2-5,17-18H2,1H3,(H2,19,22). The van der Waals surface area contributed by atoms with Gasteiger partial charge in [-0.25, -0.2) is 0 Å². The van der Waals surface area contributed by atoms with Gasteiger partial charge in [-0.05, 0) is 67.8 Å². The molecule has 1 rings (SSSR count). The molecule has 0 bridgehead atoms. The van der Waals surface area contributed by atoms with Crippen molar-refractivity contribution < 1.29 is 9.59 Å². The normalized spacial score (nSPS) is 10.5. The van der Waals surface area contributed by atoms with Gasteiger partial charge in [-0.1, -0.05) is 0 Å². The van der Waals surface area contributed by atoms with Crippen LogP contribution in [0.4, 0.5) is 5.69 Å². The Morgan fingerprint density at radius 2 is 1.48 bits per heavy atom. The van der Waals surface area contributed by atoms with E-state index in [2.05, 4.69) is 50.5 Å². The summed E-state index contributed by atoms with van der Waals surface area (Å²) in [5.41, 5.74) is 18.2. The fraction of sp³-hybridized carbons (Fsp3) is 0.385. The third-order valence-corrected chi connectivity index (χ3v) is 6.35. The minimum absolute atomic E-state index is 0.204. The van der Waals surface area contributed by atoms with Crippen LogP contribution in [0.15, 0.2) is 0 Å². The largest absolute Gasteiger partial charge is 0.386 e. The summed E-state index contributed by atoms with van der Waals surface area (Å²) in [5, 5.41) is 3.04. The van der Waals surface area contributed by atoms with Gasteiger partial charge in [0.15, 0.2) is 0 Å². The van der Waals surface area contributed by atoms with Crippen molar-refractivity contribution in [1.82, 2.24) is 4.90 Å². The first kappa shape index (κ1) is 21.1. The summed E-state index contributed by atoms with van der Waals surface area (Å²) in [5.74, 6) is -0.768. The Morgan fingerprint density at radius 1 is 1.00 bits per heavy atom. The average molecular weight is 657 g/mol. The third-order valence-electron chi connectivity index (χ3n) is 3.11. The van der Waals surface area contributed by atoms with E-state index in [1.54, 1.807) is 11.9 Å². The molecule has 0 aromatic heterocycles. The zero-order valence-electron chi connectivity index (χ0n) is 12.5. The zero-order valence-corrected chi connectivity index (χ0v) is 18.9. The van der Waals surface area contributed by atoms with Gasteiger partial charge in [-0.15, -0.1) is 0 Å². The van der Waals surface area contributed by atoms with Crippen molar-refractivity contribution in [1.29, 1.82) is 0 Å². The molecule has 10 heteroatoms. The van der Waals surface area contributed by atoms with Crippen LogP contribution in [-0.2, 0) is 0 Å². The Morgan fingerprint density at radius 3 is 1.87 bits per heavy atom. The Labute approximate surface area is 175 Å². The lowest BCUT2D eigenvalue weighted by Gasteiger charge is -2.24. The predicted octanol–water partition coefficient (Wildman–Crippen LogP) is 1.00. The number of nitrogens with one attached hydrogen (secondary N) is 1. The molecule has 2 amide bonds. The van der Waals surface area contributed by atoms with Gasteiger partial charge in [0.2, 0.25) is 0 Å². The lowest BCUT2D eigenvalue weighted by molar-refractivity contribution is 0.0763. The molecule has 0 unspecified atom stereocenters. The first-order valence-electron chi connectivity index (χ1n) is 6.69. The average Bonchev–Trinajstić information content (AvgIpc) is 2.46. The topological polar surface area (TPSA) is 127 Å². The molecule has 0 fully saturated rings. The Balaban J connectivity index is 3.59. The first-order valence-corrected chi connectivity index (χ1v) is 9.92. The minimum atomic E-state index is -0.565. The van der Waals surface area contributed by atoms with Crippen LogP contribution >= 0.6 is 67.8 Å². The highest BCUT2D eigenvalue weighted by molar-refractivity contribution is 14.1. The molecule has 0 saturated carbocycles. The number of amides is 2. The van der Waals surface area contributed by atoms with E-state index >= 15 is 0 Å². The minimum Gasteiger partial charge on any atom is -0.386 e. The van der Waals surface area contributed by atoms with Crippen molar-refractivity contribution in [3.63, 3.8) is 0 Å². The van der Waals surface area contributed by atoms with E-state index in [0.29, 0.717) is 50.1 Å². The molecule has 0 spiro atoms. The quantitative estimate of drug-likeness (QED) is 0.326. The van der Waals surface area contributed by atoms with Gasteiger partial charge in [0.05, 0.1) is 24.0 Å². The number of nitrogens with zero attached hydrogens (tertiary/aromatic N) is 1. The van der Waals surface area contributed by atoms with Gasteiger partial charge in [-0.2, -0.15) is 0 Å². The molecule has 23 heavy (non-hydrogen) atoms. The number of benzene rings is 1. The van der Waals surface area contributed by atoms with Crippen molar-refractivity contribution in [3.05, 3.63) is 21.8 Å². The SMILES string of the molecule is CNc1c(I)c(C(N)=O)c(I)c(C(=O)N(CCN)CCN)c1I. The molecule has 1 aromatic carbocycles. The van der Waals surface area contributed by atoms with Crippen molar-refractivity contribution in [2.24, 2.45) is 17.2 Å². The fourth-order valence-electron chi connectivity index (χ4n) is 2.07. The molecular formula is C13H18I3N5O2. The molecule has 0 aliphatic rings. The first-order chi connectivity index (χ1) is 10.8. The van der Waals surface area contributed by atoms with Crippen LogP contribution in [0.1, 0.15) is 20.7 Å². The molecule has 128 valence electrons. The Kier molecular flexibility index (Phi) is 8.75. The molecule has 0 saturated heterocycles. The summed E-state index contributed by atoms with van der Waals surface area (Å²) in [6, 6.07) is 0. The van der Waals surface area contributed by atoms with Crippen LogP contribution in [0.2, 0.25) is 0 Å². The van der Waals surface area contributed by atoms with E-state index in [-0.39, 0.29) is 5.91 Å². The summed E-state index contributed by atoms with van der Waals surface area (Å²) in [7, 11) is 1.74. The molecule has 7 N–H and O–H groups in total. The van der Waals surface area contributed by atoms with Crippen LogP contribution < -0.4 is 22.5 Å². The molecule has 0 heterocycles. The molecule has 7 nitrogen and oxygen atoms in total. The third kappa shape index (κ3) is 4.58. The number of nitrogens with two attached hydrogens (primary N) is 3. The van der Waals surface area contributed by atoms with Gasteiger partial charge in [0.25, 0.3) is 11.8 Å². The predicted molar refractivity (Wildman–Crippen MR) is 117 cm³/mol. The van der Waals surface area contributed by atoms with Crippen molar-refractivity contribution in [2.45, 2.75) is 0 Å². The summed E-state index contributed by atoms with van der Waals surface area (Å²) in [6.07, 6.45) is 0. The van der Waals surface area contributed by atoms with Gasteiger partial charge in [-0.3, -0.25) is 9.59 Å². The van der Waals surface area contributed by atoms with E-state index in [1.807, 2.05) is 22.6 Å². The van der Waals surface area contributed by atoms with E-state index in [4.69, 9.17) is 17.2 Å². The highest BCUT2D eigenvalue weighted by Crippen LogP contribution is 2.35. The van der Waals surface area contributed by atoms with Gasteiger partial charge < -0.3 is 27.4 Å². The maximum absolute atomic E-state index is 12.9. The number of halogens is 3. The summed E-state index contributed by atoms with van der Waals surface area (Å²) in [6.45, 7) is 1.47. The van der Waals surface area contributed by atoms with E-state index in [1.165, 1.54) is 0 Å². The maximum Gasteiger partial charge on any atom is 0.256 e. The summed E-state index contributed by atoms with van der Waals surface area (Å²) < 4.78 is 1.99. The molecular weight excluding hydrogens is 639 g/mol. The number of rotatable bonds is 7. The van der Waals surface area contributed by atoms with E-state index in [9.17, 15) is 9.59 Å². The van der Waals surface area contributed by atoms with Crippen LogP contribution in [0.25, 0.3) is 0 Å². The summed E-state index contributed by atoms with van der Waals surface area (Å²) in [4.78, 5) is 26.4. The fourth-order valence-corrected chi connectivity index (χ4v) is 6.77. The zero-order chi connectivity index (χ0) is 17.7. The molecule has 1 aromatic rings. The Hall–Kier alpha value is 0.0700. The number of hydrogen-bond acceptors (Lipinski definition) is 5. The number of carbonyl (C=O) groups is 2. The number of carbonyl (C=O) groups excluding carboxylic acids is 2. The monoisotopic (exact) mass is 657 g/mol. The molecule has 0 atom stereocenters. The second kappa shape index (κ2) is 9.53. The lowest BCUT2D eigenvalue weighted by Crippen LogP contribution is -2.40. The number of anilines is 1. The lowest BCUT2D eigenvalue weighted by atomic mass is 10.1.